The van der Waals surface area contributed by atoms with E-state index in [1.165, 1.54) is 12.8 Å². The maximum Gasteiger partial charge on any atom is 0.326 e. The predicted octanol–water partition coefficient (Wildman–Crippen LogP) is 3.00. The van der Waals surface area contributed by atoms with Crippen LogP contribution in [0, 0.1) is 11.3 Å². The lowest BCUT2D eigenvalue weighted by Gasteiger charge is -2.26. The number of urea groups is 1. The van der Waals surface area contributed by atoms with E-state index >= 15 is 0 Å². The summed E-state index contributed by atoms with van der Waals surface area (Å²) >= 11 is 0. The van der Waals surface area contributed by atoms with Crippen LogP contribution >= 0.6 is 0 Å². The lowest BCUT2D eigenvalue weighted by molar-refractivity contribution is -0.140. The molecule has 0 radical (unpaired) electrons. The van der Waals surface area contributed by atoms with Crippen LogP contribution in [0.3, 0.4) is 0 Å². The lowest BCUT2D eigenvalue weighted by Crippen LogP contribution is -2.50. The number of carbonyl (C=O) groups excluding carboxylic acids is 1. The molecule has 118 valence electrons. The molecule has 0 heterocycles. The minimum Gasteiger partial charge on any atom is -0.480 e. The Hall–Kier alpha value is -1.26. The minimum absolute atomic E-state index is 0.0308. The molecule has 0 saturated carbocycles. The maximum absolute atomic E-state index is 11.8. The van der Waals surface area contributed by atoms with E-state index in [0.717, 1.165) is 12.8 Å². The first-order valence-electron chi connectivity index (χ1n) is 7.47. The Kier molecular flexibility index (Phi) is 8.26. The van der Waals surface area contributed by atoms with Gasteiger partial charge in [-0.2, -0.15) is 0 Å². The van der Waals surface area contributed by atoms with Crippen LogP contribution < -0.4 is 10.6 Å². The van der Waals surface area contributed by atoms with Crippen LogP contribution in [-0.4, -0.2) is 29.7 Å². The van der Waals surface area contributed by atoms with Gasteiger partial charge in [-0.3, -0.25) is 0 Å². The fourth-order valence-electron chi connectivity index (χ4n) is 1.97. The van der Waals surface area contributed by atoms with Gasteiger partial charge in [-0.15, -0.1) is 0 Å². The average Bonchev–Trinajstić information content (AvgIpc) is 2.33. The van der Waals surface area contributed by atoms with Gasteiger partial charge in [0.15, 0.2) is 0 Å². The van der Waals surface area contributed by atoms with Crippen molar-refractivity contribution >= 4 is 12.0 Å². The molecule has 0 bridgehead atoms. The molecule has 1 unspecified atom stereocenters. The van der Waals surface area contributed by atoms with Crippen molar-refractivity contribution in [2.75, 3.05) is 6.54 Å². The molecule has 0 fully saturated rings. The second kappa shape index (κ2) is 8.82. The molecule has 0 aliphatic heterocycles. The van der Waals surface area contributed by atoms with E-state index < -0.39 is 18.0 Å². The summed E-state index contributed by atoms with van der Waals surface area (Å²) in [4.78, 5) is 22.8. The van der Waals surface area contributed by atoms with Crippen LogP contribution in [0.5, 0.6) is 0 Å². The van der Waals surface area contributed by atoms with Gasteiger partial charge in [0, 0.05) is 6.54 Å². The van der Waals surface area contributed by atoms with E-state index in [4.69, 9.17) is 5.11 Å². The standard InChI is InChI=1S/C15H30N2O3/c1-6-7-8-9-15(4,5)10-16-14(20)17-12(11(2)3)13(18)19/h11-12H,6-10H2,1-5H3,(H,18,19)(H2,16,17,20). The molecule has 0 rings (SSSR count). The molecule has 0 aromatic rings. The molecular formula is C15H30N2O3. The summed E-state index contributed by atoms with van der Waals surface area (Å²) in [6.07, 6.45) is 4.58. The molecule has 20 heavy (non-hydrogen) atoms. The third-order valence-corrected chi connectivity index (χ3v) is 3.40. The van der Waals surface area contributed by atoms with E-state index in [0.29, 0.717) is 6.54 Å². The first-order valence-corrected chi connectivity index (χ1v) is 7.47. The SMILES string of the molecule is CCCCCC(C)(C)CNC(=O)NC(C(=O)O)C(C)C. The number of nitrogens with one attached hydrogen (secondary N) is 2. The number of hydrogen-bond acceptors (Lipinski definition) is 2. The van der Waals surface area contributed by atoms with Gasteiger partial charge in [-0.25, -0.2) is 9.59 Å². The van der Waals surface area contributed by atoms with Crippen molar-refractivity contribution in [3.05, 3.63) is 0 Å². The molecule has 0 aromatic carbocycles. The van der Waals surface area contributed by atoms with E-state index in [-0.39, 0.29) is 11.3 Å². The van der Waals surface area contributed by atoms with Gasteiger partial charge in [0.05, 0.1) is 0 Å². The number of hydrogen-bond donors (Lipinski definition) is 3. The molecule has 1 atom stereocenters. The summed E-state index contributed by atoms with van der Waals surface area (Å²) in [6, 6.07) is -1.26. The smallest absolute Gasteiger partial charge is 0.326 e. The molecule has 3 N–H and O–H groups in total. The molecule has 0 aliphatic carbocycles. The van der Waals surface area contributed by atoms with E-state index in [1.54, 1.807) is 13.8 Å². The van der Waals surface area contributed by atoms with E-state index in [1.807, 2.05) is 0 Å². The normalized spacial score (nSPS) is 13.1. The third kappa shape index (κ3) is 8.02. The number of carboxylic acids is 1. The number of aliphatic carboxylic acids is 1. The average molecular weight is 286 g/mol. The third-order valence-electron chi connectivity index (χ3n) is 3.40. The first kappa shape index (κ1) is 18.7. The number of carboxylic acid groups (broad SMARTS) is 1. The van der Waals surface area contributed by atoms with Gasteiger partial charge in [0.25, 0.3) is 0 Å². The summed E-state index contributed by atoms with van der Waals surface area (Å²) in [6.45, 7) is 10.5. The van der Waals surface area contributed by atoms with Gasteiger partial charge in [0.2, 0.25) is 0 Å². The summed E-state index contributed by atoms with van der Waals surface area (Å²) in [5, 5.41) is 14.3. The Bertz CT molecular complexity index is 314. The van der Waals surface area contributed by atoms with Gasteiger partial charge in [-0.1, -0.05) is 53.9 Å². The van der Waals surface area contributed by atoms with Crippen molar-refractivity contribution in [1.82, 2.24) is 10.6 Å². The molecule has 2 amide bonds. The van der Waals surface area contributed by atoms with E-state index in [2.05, 4.69) is 31.4 Å². The van der Waals surface area contributed by atoms with Crippen LogP contribution in [-0.2, 0) is 4.79 Å². The Morgan fingerprint density at radius 3 is 2.25 bits per heavy atom. The summed E-state index contributed by atoms with van der Waals surface area (Å²) in [7, 11) is 0. The first-order chi connectivity index (χ1) is 9.19. The molecule has 0 aliphatic rings. The van der Waals surface area contributed by atoms with Crippen molar-refractivity contribution in [1.29, 1.82) is 0 Å². The highest BCUT2D eigenvalue weighted by Crippen LogP contribution is 2.22. The number of carbonyl (C=O) groups is 2. The Morgan fingerprint density at radius 1 is 1.20 bits per heavy atom. The second-order valence-electron chi connectivity index (χ2n) is 6.51. The van der Waals surface area contributed by atoms with Gasteiger partial charge < -0.3 is 15.7 Å². The van der Waals surface area contributed by atoms with Crippen molar-refractivity contribution in [3.8, 4) is 0 Å². The molecule has 5 nitrogen and oxygen atoms in total. The number of rotatable bonds is 9. The van der Waals surface area contributed by atoms with Crippen LogP contribution in [0.15, 0.2) is 0 Å². The van der Waals surface area contributed by atoms with Crippen molar-refractivity contribution < 1.29 is 14.7 Å². The lowest BCUT2D eigenvalue weighted by atomic mass is 9.87. The summed E-state index contributed by atoms with van der Waals surface area (Å²) in [5.74, 6) is -1.15. The van der Waals surface area contributed by atoms with Crippen molar-refractivity contribution in [2.45, 2.75) is 66.3 Å². The van der Waals surface area contributed by atoms with Crippen LogP contribution in [0.1, 0.15) is 60.3 Å². The Balaban J connectivity index is 4.17. The highest BCUT2D eigenvalue weighted by Gasteiger charge is 2.24. The van der Waals surface area contributed by atoms with Crippen molar-refractivity contribution in [2.24, 2.45) is 11.3 Å². The van der Waals surface area contributed by atoms with Crippen LogP contribution in [0.4, 0.5) is 4.79 Å². The fourth-order valence-corrected chi connectivity index (χ4v) is 1.97. The largest absolute Gasteiger partial charge is 0.480 e. The van der Waals surface area contributed by atoms with Gasteiger partial charge >= 0.3 is 12.0 Å². The molecule has 0 spiro atoms. The molecule has 0 saturated heterocycles. The molecular weight excluding hydrogens is 256 g/mol. The van der Waals surface area contributed by atoms with E-state index in [9.17, 15) is 9.59 Å². The zero-order chi connectivity index (χ0) is 15.8. The van der Waals surface area contributed by atoms with Crippen LogP contribution in [0.25, 0.3) is 0 Å². The predicted molar refractivity (Wildman–Crippen MR) is 80.7 cm³/mol. The molecule has 0 aromatic heterocycles. The van der Waals surface area contributed by atoms with Crippen LogP contribution in [0.2, 0.25) is 0 Å². The quantitative estimate of drug-likeness (QED) is 0.570. The summed E-state index contributed by atoms with van der Waals surface area (Å²) < 4.78 is 0. The fraction of sp³-hybridized carbons (Fsp3) is 0.867. The molecule has 5 heteroatoms. The highest BCUT2D eigenvalue weighted by molar-refractivity contribution is 5.82. The topological polar surface area (TPSA) is 78.4 Å². The summed E-state index contributed by atoms with van der Waals surface area (Å²) in [5.41, 5.74) is 0.0308. The highest BCUT2D eigenvalue weighted by atomic mass is 16.4. The van der Waals surface area contributed by atoms with Crippen molar-refractivity contribution in [3.63, 3.8) is 0 Å². The number of amides is 2. The zero-order valence-electron chi connectivity index (χ0n) is 13.5. The monoisotopic (exact) mass is 286 g/mol. The van der Waals surface area contributed by atoms with Gasteiger partial charge in [0.1, 0.15) is 6.04 Å². The zero-order valence-corrected chi connectivity index (χ0v) is 13.5. The maximum atomic E-state index is 11.8. The minimum atomic E-state index is -1.00. The Labute approximate surface area is 122 Å². The number of unbranched alkanes of at least 4 members (excludes halogenated alkanes) is 2. The van der Waals surface area contributed by atoms with Gasteiger partial charge in [-0.05, 0) is 17.8 Å². The Morgan fingerprint density at radius 2 is 1.80 bits per heavy atom. The second-order valence-corrected chi connectivity index (χ2v) is 6.51.